The summed E-state index contributed by atoms with van der Waals surface area (Å²) < 4.78 is 0. The van der Waals surface area contributed by atoms with Gasteiger partial charge in [0.05, 0.1) is 0 Å². The lowest BCUT2D eigenvalue weighted by molar-refractivity contribution is -0.0130. The summed E-state index contributed by atoms with van der Waals surface area (Å²) in [5.74, 6) is 1.49. The van der Waals surface area contributed by atoms with E-state index in [1.165, 1.54) is 0 Å². The van der Waals surface area contributed by atoms with Crippen LogP contribution in [0.25, 0.3) is 0 Å². The number of unbranched alkanes of at least 4 members (excludes halogenated alkanes) is 2. The minimum Gasteiger partial charge on any atom is -0.338 e. The number of nitrogens with two attached hydrogens (primary N) is 3. The Labute approximate surface area is 293 Å². The SMILES string of the molecule is CCCCN(c1nc(Cl)nc(N(CCCC)C2CC(C)(C)N(C)C(C)(C)C2)n1)C1CC(C)(C)N(C)C(C)(C)C1.NCCCC(N)CN. The van der Waals surface area contributed by atoms with Gasteiger partial charge in [0.15, 0.2) is 0 Å². The monoisotopic (exact) mass is 681 g/mol. The van der Waals surface area contributed by atoms with E-state index < -0.39 is 0 Å². The highest BCUT2D eigenvalue weighted by atomic mass is 35.5. The van der Waals surface area contributed by atoms with E-state index in [-0.39, 0.29) is 28.2 Å². The standard InChI is InChI=1S/C31H58ClN7.C5H15N3/c1-13-15-17-38(23-19-28(3,4)36(11)29(5,6)20-23)26-33-25(32)34-27(35-26)39(18-16-14-2)24-21-30(7,8)37(12)31(9,10)22-24;6-3-1-2-5(8)4-7/h23-24H,13-22H2,1-12H3;5H,1-4,6-8H2. The first-order valence-corrected chi connectivity index (χ1v) is 18.7. The summed E-state index contributed by atoms with van der Waals surface area (Å²) in [7, 11) is 4.53. The molecule has 274 valence electrons. The van der Waals surface area contributed by atoms with Gasteiger partial charge in [0.2, 0.25) is 17.2 Å². The van der Waals surface area contributed by atoms with E-state index in [0.29, 0.717) is 30.5 Å². The molecule has 47 heavy (non-hydrogen) atoms. The van der Waals surface area contributed by atoms with Gasteiger partial charge in [-0.05, 0) is 139 Å². The van der Waals surface area contributed by atoms with Gasteiger partial charge in [0.25, 0.3) is 0 Å². The quantitative estimate of drug-likeness (QED) is 0.213. The zero-order valence-corrected chi connectivity index (χ0v) is 33.1. The Kier molecular flexibility index (Phi) is 15.7. The molecular weight excluding hydrogens is 608 g/mol. The van der Waals surface area contributed by atoms with E-state index in [1.54, 1.807) is 0 Å². The van der Waals surface area contributed by atoms with Crippen molar-refractivity contribution in [1.82, 2.24) is 24.8 Å². The molecule has 3 rings (SSSR count). The molecule has 1 aromatic rings. The molecule has 10 nitrogen and oxygen atoms in total. The lowest BCUT2D eigenvalue weighted by Gasteiger charge is -2.56. The second kappa shape index (κ2) is 17.6. The molecule has 11 heteroatoms. The molecule has 0 radical (unpaired) electrons. The van der Waals surface area contributed by atoms with Crippen LogP contribution >= 0.6 is 11.6 Å². The summed E-state index contributed by atoms with van der Waals surface area (Å²) in [4.78, 5) is 24.8. The average molecular weight is 682 g/mol. The summed E-state index contributed by atoms with van der Waals surface area (Å²) in [5, 5.41) is 0.302. The summed E-state index contributed by atoms with van der Waals surface area (Å²) >= 11 is 6.72. The van der Waals surface area contributed by atoms with Gasteiger partial charge < -0.3 is 27.0 Å². The molecule has 6 N–H and O–H groups in total. The molecule has 2 fully saturated rings. The van der Waals surface area contributed by atoms with Gasteiger partial charge in [-0.1, -0.05) is 26.7 Å². The number of hydrogen-bond acceptors (Lipinski definition) is 10. The first-order chi connectivity index (χ1) is 21.8. The van der Waals surface area contributed by atoms with Crippen LogP contribution in [-0.4, -0.2) is 105 Å². The first-order valence-electron chi connectivity index (χ1n) is 18.3. The van der Waals surface area contributed by atoms with Gasteiger partial charge in [-0.2, -0.15) is 15.0 Å². The van der Waals surface area contributed by atoms with Crippen molar-refractivity contribution in [3.8, 4) is 0 Å². The lowest BCUT2D eigenvalue weighted by Crippen LogP contribution is -2.63. The lowest BCUT2D eigenvalue weighted by atomic mass is 9.77. The topological polar surface area (TPSA) is 130 Å². The smallest absolute Gasteiger partial charge is 0.231 e. The van der Waals surface area contributed by atoms with E-state index in [2.05, 4.69) is 103 Å². The Morgan fingerprint density at radius 3 is 1.36 bits per heavy atom. The Morgan fingerprint density at radius 1 is 0.702 bits per heavy atom. The third kappa shape index (κ3) is 11.4. The van der Waals surface area contributed by atoms with Crippen molar-refractivity contribution in [2.24, 2.45) is 17.2 Å². The van der Waals surface area contributed by atoms with E-state index in [0.717, 1.165) is 89.2 Å². The van der Waals surface area contributed by atoms with Gasteiger partial charge >= 0.3 is 0 Å². The molecule has 0 aromatic carbocycles. The van der Waals surface area contributed by atoms with Crippen molar-refractivity contribution >= 4 is 23.5 Å². The predicted octanol–water partition coefficient (Wildman–Crippen LogP) is 6.05. The van der Waals surface area contributed by atoms with Crippen LogP contribution in [0.15, 0.2) is 0 Å². The number of aromatic nitrogens is 3. The molecule has 2 saturated heterocycles. The third-order valence-electron chi connectivity index (χ3n) is 11.1. The zero-order valence-electron chi connectivity index (χ0n) is 32.4. The van der Waals surface area contributed by atoms with Crippen molar-refractivity contribution in [2.75, 3.05) is 50.1 Å². The Hall–Kier alpha value is -1.30. The molecule has 0 aliphatic carbocycles. The van der Waals surface area contributed by atoms with Crippen molar-refractivity contribution in [3.63, 3.8) is 0 Å². The Morgan fingerprint density at radius 2 is 1.06 bits per heavy atom. The fraction of sp³-hybridized carbons (Fsp3) is 0.917. The van der Waals surface area contributed by atoms with Gasteiger partial charge in [-0.15, -0.1) is 0 Å². The average Bonchev–Trinajstić information content (AvgIpc) is 2.97. The highest BCUT2D eigenvalue weighted by Gasteiger charge is 2.47. The van der Waals surface area contributed by atoms with Gasteiger partial charge in [-0.3, -0.25) is 9.80 Å². The number of rotatable bonds is 14. The van der Waals surface area contributed by atoms with Crippen molar-refractivity contribution in [2.45, 2.75) is 174 Å². The Bertz CT molecular complexity index is 970. The third-order valence-corrected chi connectivity index (χ3v) is 11.3. The second-order valence-corrected chi connectivity index (χ2v) is 17.1. The maximum Gasteiger partial charge on any atom is 0.231 e. The fourth-order valence-corrected chi connectivity index (χ4v) is 7.86. The second-order valence-electron chi connectivity index (χ2n) is 16.7. The van der Waals surface area contributed by atoms with E-state index in [9.17, 15) is 0 Å². The number of anilines is 2. The minimum absolute atomic E-state index is 0.0784. The molecule has 0 spiro atoms. The summed E-state index contributed by atoms with van der Waals surface area (Å²) in [6.45, 7) is 26.5. The van der Waals surface area contributed by atoms with Crippen LogP contribution in [0.5, 0.6) is 0 Å². The summed E-state index contributed by atoms with van der Waals surface area (Å²) in [6.07, 6.45) is 10.6. The van der Waals surface area contributed by atoms with E-state index >= 15 is 0 Å². The molecule has 1 unspecified atom stereocenters. The van der Waals surface area contributed by atoms with Crippen LogP contribution in [0, 0.1) is 0 Å². The maximum absolute atomic E-state index is 6.72. The molecule has 1 aromatic heterocycles. The zero-order chi connectivity index (χ0) is 35.8. The molecule has 1 atom stereocenters. The van der Waals surface area contributed by atoms with Crippen molar-refractivity contribution < 1.29 is 0 Å². The number of piperidine rings is 2. The molecular formula is C36H73ClN10. The van der Waals surface area contributed by atoms with Crippen molar-refractivity contribution in [3.05, 3.63) is 5.28 Å². The number of likely N-dealkylation sites (tertiary alicyclic amines) is 2. The first kappa shape index (κ1) is 41.9. The summed E-state index contributed by atoms with van der Waals surface area (Å²) in [5.41, 5.74) is 16.3. The molecule has 2 aliphatic heterocycles. The molecule has 0 amide bonds. The number of halogens is 1. The fourth-order valence-electron chi connectivity index (χ4n) is 7.71. The van der Waals surface area contributed by atoms with Gasteiger partial charge in [0, 0.05) is 59.9 Å². The molecule has 2 aliphatic rings. The summed E-state index contributed by atoms with van der Waals surface area (Å²) in [6, 6.07) is 0.835. The van der Waals surface area contributed by atoms with Crippen LogP contribution in [0.1, 0.15) is 133 Å². The molecule has 3 heterocycles. The van der Waals surface area contributed by atoms with Crippen LogP contribution in [0.4, 0.5) is 11.9 Å². The van der Waals surface area contributed by atoms with Crippen LogP contribution in [0.3, 0.4) is 0 Å². The van der Waals surface area contributed by atoms with E-state index in [4.69, 9.17) is 43.8 Å². The maximum atomic E-state index is 6.72. The highest BCUT2D eigenvalue weighted by molar-refractivity contribution is 6.28. The van der Waals surface area contributed by atoms with Crippen LogP contribution < -0.4 is 27.0 Å². The molecule has 0 bridgehead atoms. The highest BCUT2D eigenvalue weighted by Crippen LogP contribution is 2.42. The van der Waals surface area contributed by atoms with Gasteiger partial charge in [-0.25, -0.2) is 0 Å². The normalized spacial score (nSPS) is 22.0. The van der Waals surface area contributed by atoms with Gasteiger partial charge in [0.1, 0.15) is 0 Å². The predicted molar refractivity (Wildman–Crippen MR) is 203 cm³/mol. The van der Waals surface area contributed by atoms with Crippen LogP contribution in [0.2, 0.25) is 5.28 Å². The Balaban J connectivity index is 0.000000849. The van der Waals surface area contributed by atoms with Crippen LogP contribution in [-0.2, 0) is 0 Å². The number of nitrogens with zero attached hydrogens (tertiary/aromatic N) is 7. The van der Waals surface area contributed by atoms with Crippen molar-refractivity contribution in [1.29, 1.82) is 0 Å². The number of hydrogen-bond donors (Lipinski definition) is 3. The largest absolute Gasteiger partial charge is 0.338 e. The van der Waals surface area contributed by atoms with E-state index in [1.807, 2.05) is 0 Å². The minimum atomic E-state index is 0.0784. The molecule has 0 saturated carbocycles.